The van der Waals surface area contributed by atoms with Crippen LogP contribution in [-0.2, 0) is 10.0 Å². The van der Waals surface area contributed by atoms with Crippen LogP contribution in [0.3, 0.4) is 0 Å². The largest absolute Gasteiger partial charge is 0.355 e. The van der Waals surface area contributed by atoms with Crippen LogP contribution in [0.5, 0.6) is 0 Å². The first kappa shape index (κ1) is 14.4. The molecule has 9 heteroatoms. The summed E-state index contributed by atoms with van der Waals surface area (Å²) in [6.07, 6.45) is 5.75. The van der Waals surface area contributed by atoms with Crippen molar-refractivity contribution in [3.8, 4) is 0 Å². The summed E-state index contributed by atoms with van der Waals surface area (Å²) in [5, 5.41) is 9.32. The van der Waals surface area contributed by atoms with Crippen LogP contribution in [0.4, 0.5) is 5.95 Å². The molecule has 2 heterocycles. The molecule has 0 aliphatic heterocycles. The second-order valence-corrected chi connectivity index (χ2v) is 5.86. The van der Waals surface area contributed by atoms with Crippen molar-refractivity contribution in [2.45, 2.75) is 24.8 Å². The highest BCUT2D eigenvalue weighted by Gasteiger charge is 2.19. The highest BCUT2D eigenvalue weighted by molar-refractivity contribution is 7.89. The van der Waals surface area contributed by atoms with Crippen LogP contribution in [0.15, 0.2) is 29.7 Å². The van der Waals surface area contributed by atoms with Gasteiger partial charge in [0.05, 0.1) is 18.6 Å². The second kappa shape index (κ2) is 5.97. The molecule has 2 aromatic rings. The standard InChI is InChI=1S/C11H16N6O2S/c1-3-12-11-13-6-10(7-14-11)20(18,19)17-8(2)9-4-15-16-5-9/h4-8,17H,3H2,1-2H3,(H,15,16)(H,12,13,14). The molecule has 0 saturated heterocycles. The topological polar surface area (TPSA) is 113 Å². The molecule has 0 aromatic carbocycles. The first-order valence-corrected chi connectivity index (χ1v) is 7.58. The van der Waals surface area contributed by atoms with Gasteiger partial charge in [0.1, 0.15) is 4.90 Å². The van der Waals surface area contributed by atoms with Crippen LogP contribution in [-0.4, -0.2) is 35.1 Å². The van der Waals surface area contributed by atoms with Gasteiger partial charge in [-0.05, 0) is 13.8 Å². The zero-order valence-corrected chi connectivity index (χ0v) is 12.0. The summed E-state index contributed by atoms with van der Waals surface area (Å²) in [7, 11) is -3.66. The van der Waals surface area contributed by atoms with Gasteiger partial charge in [-0.15, -0.1) is 0 Å². The number of anilines is 1. The van der Waals surface area contributed by atoms with Crippen molar-refractivity contribution in [1.82, 2.24) is 24.9 Å². The van der Waals surface area contributed by atoms with E-state index in [4.69, 9.17) is 0 Å². The van der Waals surface area contributed by atoms with Crippen LogP contribution < -0.4 is 10.0 Å². The van der Waals surface area contributed by atoms with Crippen molar-refractivity contribution in [3.63, 3.8) is 0 Å². The number of nitrogens with one attached hydrogen (secondary N) is 3. The summed E-state index contributed by atoms with van der Waals surface area (Å²) in [6.45, 7) is 4.31. The molecule has 20 heavy (non-hydrogen) atoms. The maximum atomic E-state index is 12.2. The monoisotopic (exact) mass is 296 g/mol. The number of aromatic amines is 1. The third kappa shape index (κ3) is 3.31. The molecule has 0 radical (unpaired) electrons. The summed E-state index contributed by atoms with van der Waals surface area (Å²) >= 11 is 0. The highest BCUT2D eigenvalue weighted by Crippen LogP contribution is 2.15. The average molecular weight is 296 g/mol. The molecular weight excluding hydrogens is 280 g/mol. The molecule has 1 atom stereocenters. The van der Waals surface area contributed by atoms with Gasteiger partial charge in [0, 0.05) is 24.3 Å². The van der Waals surface area contributed by atoms with Gasteiger partial charge in [0.2, 0.25) is 16.0 Å². The van der Waals surface area contributed by atoms with Crippen LogP contribution in [0.1, 0.15) is 25.5 Å². The normalized spacial score (nSPS) is 13.1. The van der Waals surface area contributed by atoms with Crippen LogP contribution in [0.25, 0.3) is 0 Å². The Bertz CT molecular complexity index is 638. The zero-order valence-electron chi connectivity index (χ0n) is 11.2. The molecule has 2 rings (SSSR count). The lowest BCUT2D eigenvalue weighted by Gasteiger charge is -2.12. The Morgan fingerprint density at radius 1 is 1.30 bits per heavy atom. The van der Waals surface area contributed by atoms with E-state index >= 15 is 0 Å². The molecule has 2 aromatic heterocycles. The van der Waals surface area contributed by atoms with Crippen molar-refractivity contribution >= 4 is 16.0 Å². The van der Waals surface area contributed by atoms with E-state index in [0.29, 0.717) is 12.5 Å². The fourth-order valence-corrected chi connectivity index (χ4v) is 2.69. The minimum Gasteiger partial charge on any atom is -0.355 e. The second-order valence-electron chi connectivity index (χ2n) is 4.15. The van der Waals surface area contributed by atoms with Crippen LogP contribution in [0, 0.1) is 0 Å². The Kier molecular flexibility index (Phi) is 4.30. The summed E-state index contributed by atoms with van der Waals surface area (Å²) in [5.41, 5.74) is 0.749. The number of H-pyrrole nitrogens is 1. The Morgan fingerprint density at radius 2 is 2.00 bits per heavy atom. The number of rotatable bonds is 6. The summed E-state index contributed by atoms with van der Waals surface area (Å²) < 4.78 is 26.9. The Morgan fingerprint density at radius 3 is 2.55 bits per heavy atom. The van der Waals surface area contributed by atoms with Gasteiger partial charge >= 0.3 is 0 Å². The third-order valence-electron chi connectivity index (χ3n) is 2.62. The van der Waals surface area contributed by atoms with Crippen molar-refractivity contribution < 1.29 is 8.42 Å². The lowest BCUT2D eigenvalue weighted by molar-refractivity contribution is 0.566. The van der Waals surface area contributed by atoms with Gasteiger partial charge in [-0.3, -0.25) is 5.10 Å². The molecule has 3 N–H and O–H groups in total. The first-order valence-electron chi connectivity index (χ1n) is 6.10. The number of sulfonamides is 1. The maximum Gasteiger partial charge on any atom is 0.244 e. The predicted octanol–water partition coefficient (Wildman–Crippen LogP) is 0.671. The Balaban J connectivity index is 2.13. The lowest BCUT2D eigenvalue weighted by atomic mass is 10.2. The number of hydrogen-bond donors (Lipinski definition) is 3. The van der Waals surface area contributed by atoms with Crippen molar-refractivity contribution in [2.75, 3.05) is 11.9 Å². The lowest BCUT2D eigenvalue weighted by Crippen LogP contribution is -2.27. The van der Waals surface area contributed by atoms with Gasteiger partial charge in [-0.2, -0.15) is 5.10 Å². The molecule has 108 valence electrons. The van der Waals surface area contributed by atoms with Gasteiger partial charge in [0.15, 0.2) is 0 Å². The van der Waals surface area contributed by atoms with Crippen LogP contribution >= 0.6 is 0 Å². The van der Waals surface area contributed by atoms with Crippen molar-refractivity contribution in [2.24, 2.45) is 0 Å². The molecule has 0 fully saturated rings. The first-order chi connectivity index (χ1) is 9.53. The van der Waals surface area contributed by atoms with E-state index in [9.17, 15) is 8.42 Å². The van der Waals surface area contributed by atoms with E-state index in [-0.39, 0.29) is 4.90 Å². The highest BCUT2D eigenvalue weighted by atomic mass is 32.2. The predicted molar refractivity (Wildman–Crippen MR) is 73.5 cm³/mol. The van der Waals surface area contributed by atoms with Crippen molar-refractivity contribution in [3.05, 3.63) is 30.4 Å². The molecule has 0 saturated carbocycles. The summed E-state index contributed by atoms with van der Waals surface area (Å²) in [4.78, 5) is 7.91. The zero-order chi connectivity index (χ0) is 14.6. The number of aromatic nitrogens is 4. The Hall–Kier alpha value is -2.00. The molecular formula is C11H16N6O2S. The number of nitrogens with zero attached hydrogens (tertiary/aromatic N) is 3. The van der Waals surface area contributed by atoms with Gasteiger partial charge in [-0.25, -0.2) is 23.1 Å². The van der Waals surface area contributed by atoms with Crippen LogP contribution in [0.2, 0.25) is 0 Å². The maximum absolute atomic E-state index is 12.2. The minimum atomic E-state index is -3.66. The number of hydrogen-bond acceptors (Lipinski definition) is 6. The Labute approximate surface area is 117 Å². The van der Waals surface area contributed by atoms with Gasteiger partial charge in [-0.1, -0.05) is 0 Å². The fourth-order valence-electron chi connectivity index (χ4n) is 1.57. The molecule has 0 bridgehead atoms. The quantitative estimate of drug-likeness (QED) is 0.722. The summed E-state index contributed by atoms with van der Waals surface area (Å²) in [6, 6.07) is -0.396. The van der Waals surface area contributed by atoms with E-state index in [2.05, 4.69) is 30.2 Å². The van der Waals surface area contributed by atoms with Crippen molar-refractivity contribution in [1.29, 1.82) is 0 Å². The van der Waals surface area contributed by atoms with E-state index in [1.807, 2.05) is 6.92 Å². The molecule has 1 unspecified atom stereocenters. The molecule has 0 aliphatic rings. The average Bonchev–Trinajstić information content (AvgIpc) is 2.93. The molecule has 0 aliphatic carbocycles. The van der Waals surface area contributed by atoms with E-state index in [1.165, 1.54) is 12.4 Å². The van der Waals surface area contributed by atoms with E-state index in [0.717, 1.165) is 5.56 Å². The minimum absolute atomic E-state index is 0.0227. The smallest absolute Gasteiger partial charge is 0.244 e. The molecule has 0 spiro atoms. The van der Waals surface area contributed by atoms with E-state index in [1.54, 1.807) is 19.3 Å². The third-order valence-corrected chi connectivity index (χ3v) is 4.12. The molecule has 8 nitrogen and oxygen atoms in total. The fraction of sp³-hybridized carbons (Fsp3) is 0.364. The van der Waals surface area contributed by atoms with Gasteiger partial charge in [0.25, 0.3) is 0 Å². The SMILES string of the molecule is CCNc1ncc(S(=O)(=O)NC(C)c2cn[nH]c2)cn1. The molecule has 0 amide bonds. The summed E-state index contributed by atoms with van der Waals surface area (Å²) in [5.74, 6) is 0.398. The van der Waals surface area contributed by atoms with E-state index < -0.39 is 16.1 Å². The van der Waals surface area contributed by atoms with Gasteiger partial charge < -0.3 is 5.32 Å².